The van der Waals surface area contributed by atoms with E-state index in [1.807, 2.05) is 0 Å². The van der Waals surface area contributed by atoms with Crippen LogP contribution in [0.4, 0.5) is 0 Å². The van der Waals surface area contributed by atoms with E-state index in [9.17, 15) is 0 Å². The molecular formula is C10H22N2O. The van der Waals surface area contributed by atoms with Gasteiger partial charge in [0, 0.05) is 19.7 Å². The number of hydrogen-bond donors (Lipinski definition) is 2. The third-order valence-electron chi connectivity index (χ3n) is 2.92. The van der Waals surface area contributed by atoms with Crippen molar-refractivity contribution in [3.8, 4) is 0 Å². The summed E-state index contributed by atoms with van der Waals surface area (Å²) in [5.74, 6) is 0.686. The van der Waals surface area contributed by atoms with Gasteiger partial charge in [0.05, 0.1) is 6.61 Å². The van der Waals surface area contributed by atoms with Gasteiger partial charge in [0.15, 0.2) is 0 Å². The predicted octanol–water partition coefficient (Wildman–Crippen LogP) is 0.740. The minimum Gasteiger partial charge on any atom is -0.383 e. The highest BCUT2D eigenvalue weighted by molar-refractivity contribution is 4.81. The van der Waals surface area contributed by atoms with Crippen LogP contribution in [0.1, 0.15) is 25.7 Å². The average molecular weight is 186 g/mol. The van der Waals surface area contributed by atoms with E-state index in [4.69, 9.17) is 10.5 Å². The quantitative estimate of drug-likeness (QED) is 0.623. The number of hydrogen-bond acceptors (Lipinski definition) is 3. The number of ether oxygens (including phenoxy) is 1. The van der Waals surface area contributed by atoms with E-state index >= 15 is 0 Å². The predicted molar refractivity (Wildman–Crippen MR) is 54.7 cm³/mol. The fourth-order valence-corrected chi connectivity index (χ4v) is 2.10. The second kappa shape index (κ2) is 6.35. The van der Waals surface area contributed by atoms with Gasteiger partial charge in [-0.15, -0.1) is 0 Å². The fourth-order valence-electron chi connectivity index (χ4n) is 2.10. The molecule has 1 fully saturated rings. The molecule has 0 heterocycles. The van der Waals surface area contributed by atoms with Crippen LogP contribution in [0.3, 0.4) is 0 Å². The molecule has 0 bridgehead atoms. The minimum absolute atomic E-state index is 0.633. The zero-order chi connectivity index (χ0) is 9.52. The van der Waals surface area contributed by atoms with Gasteiger partial charge in [-0.1, -0.05) is 12.8 Å². The lowest BCUT2D eigenvalue weighted by Gasteiger charge is -2.31. The monoisotopic (exact) mass is 186 g/mol. The molecule has 0 aliphatic heterocycles. The Morgan fingerprint density at radius 3 is 2.85 bits per heavy atom. The van der Waals surface area contributed by atoms with E-state index in [0.717, 1.165) is 19.7 Å². The molecule has 1 aliphatic carbocycles. The second-order valence-corrected chi connectivity index (χ2v) is 3.83. The average Bonchev–Trinajstić information content (AvgIpc) is 2.19. The van der Waals surface area contributed by atoms with Gasteiger partial charge < -0.3 is 15.8 Å². The van der Waals surface area contributed by atoms with Gasteiger partial charge in [-0.3, -0.25) is 0 Å². The number of rotatable bonds is 5. The van der Waals surface area contributed by atoms with Crippen LogP contribution in [0.25, 0.3) is 0 Å². The zero-order valence-corrected chi connectivity index (χ0v) is 8.59. The third-order valence-corrected chi connectivity index (χ3v) is 2.92. The van der Waals surface area contributed by atoms with Crippen LogP contribution in [-0.2, 0) is 4.74 Å². The van der Waals surface area contributed by atoms with E-state index in [1.54, 1.807) is 7.11 Å². The van der Waals surface area contributed by atoms with Crippen LogP contribution in [-0.4, -0.2) is 32.8 Å². The molecule has 78 valence electrons. The lowest BCUT2D eigenvalue weighted by atomic mass is 9.84. The maximum absolute atomic E-state index is 5.73. The largest absolute Gasteiger partial charge is 0.383 e. The number of nitrogens with one attached hydrogen (secondary N) is 1. The van der Waals surface area contributed by atoms with Crippen molar-refractivity contribution in [2.75, 3.05) is 26.8 Å². The molecule has 1 rings (SSSR count). The first-order valence-electron chi connectivity index (χ1n) is 5.31. The van der Waals surface area contributed by atoms with E-state index in [1.165, 1.54) is 25.7 Å². The highest BCUT2D eigenvalue weighted by Crippen LogP contribution is 2.23. The van der Waals surface area contributed by atoms with Crippen molar-refractivity contribution in [3.63, 3.8) is 0 Å². The highest BCUT2D eigenvalue weighted by atomic mass is 16.5. The summed E-state index contributed by atoms with van der Waals surface area (Å²) in [5.41, 5.74) is 5.73. The van der Waals surface area contributed by atoms with Crippen LogP contribution in [0, 0.1) is 5.92 Å². The van der Waals surface area contributed by atoms with Crippen molar-refractivity contribution in [1.82, 2.24) is 5.32 Å². The van der Waals surface area contributed by atoms with Gasteiger partial charge in [0.1, 0.15) is 0 Å². The molecule has 0 spiro atoms. The molecule has 0 saturated heterocycles. The molecule has 3 N–H and O–H groups in total. The summed E-state index contributed by atoms with van der Waals surface area (Å²) in [4.78, 5) is 0. The van der Waals surface area contributed by atoms with Gasteiger partial charge in [-0.25, -0.2) is 0 Å². The van der Waals surface area contributed by atoms with E-state index < -0.39 is 0 Å². The maximum atomic E-state index is 5.73. The normalized spacial score (nSPS) is 29.1. The molecule has 3 nitrogen and oxygen atoms in total. The molecule has 0 aromatic carbocycles. The first kappa shape index (κ1) is 11.0. The van der Waals surface area contributed by atoms with Gasteiger partial charge >= 0.3 is 0 Å². The molecule has 1 saturated carbocycles. The van der Waals surface area contributed by atoms with Crippen molar-refractivity contribution < 1.29 is 4.74 Å². The van der Waals surface area contributed by atoms with Gasteiger partial charge in [0.25, 0.3) is 0 Å². The Bertz CT molecular complexity index is 130. The Labute approximate surface area is 81.0 Å². The number of nitrogens with two attached hydrogens (primary N) is 1. The Morgan fingerprint density at radius 1 is 1.38 bits per heavy atom. The van der Waals surface area contributed by atoms with Crippen molar-refractivity contribution in [1.29, 1.82) is 0 Å². The van der Waals surface area contributed by atoms with Gasteiger partial charge in [-0.2, -0.15) is 0 Å². The number of methoxy groups -OCH3 is 1. The summed E-state index contributed by atoms with van der Waals surface area (Å²) in [6.45, 7) is 2.58. The molecule has 0 amide bonds. The summed E-state index contributed by atoms with van der Waals surface area (Å²) < 4.78 is 5.01. The molecule has 2 unspecified atom stereocenters. The van der Waals surface area contributed by atoms with E-state index in [-0.39, 0.29) is 0 Å². The van der Waals surface area contributed by atoms with Crippen LogP contribution in [0.15, 0.2) is 0 Å². The Hall–Kier alpha value is -0.120. The zero-order valence-electron chi connectivity index (χ0n) is 8.59. The minimum atomic E-state index is 0.633. The van der Waals surface area contributed by atoms with Gasteiger partial charge in [-0.05, 0) is 25.3 Å². The molecule has 2 atom stereocenters. The van der Waals surface area contributed by atoms with Crippen LogP contribution in [0.5, 0.6) is 0 Å². The third kappa shape index (κ3) is 3.63. The molecule has 0 aromatic rings. The first-order valence-corrected chi connectivity index (χ1v) is 5.31. The molecule has 1 aliphatic rings. The van der Waals surface area contributed by atoms with Crippen LogP contribution >= 0.6 is 0 Å². The lowest BCUT2D eigenvalue weighted by molar-refractivity contribution is 0.182. The smallest absolute Gasteiger partial charge is 0.0587 e. The Morgan fingerprint density at radius 2 is 2.15 bits per heavy atom. The van der Waals surface area contributed by atoms with Crippen molar-refractivity contribution in [2.24, 2.45) is 11.7 Å². The van der Waals surface area contributed by atoms with Crippen LogP contribution in [0.2, 0.25) is 0 Å². The van der Waals surface area contributed by atoms with Gasteiger partial charge in [0.2, 0.25) is 0 Å². The standard InChI is InChI=1S/C10H22N2O/c1-13-7-6-12-10-5-3-2-4-9(10)8-11/h9-10,12H,2-8,11H2,1H3. The van der Waals surface area contributed by atoms with E-state index in [2.05, 4.69) is 5.32 Å². The van der Waals surface area contributed by atoms with Crippen molar-refractivity contribution in [3.05, 3.63) is 0 Å². The summed E-state index contributed by atoms with van der Waals surface area (Å²) in [7, 11) is 1.74. The Balaban J connectivity index is 2.19. The molecule has 0 radical (unpaired) electrons. The summed E-state index contributed by atoms with van der Waals surface area (Å²) in [6.07, 6.45) is 5.28. The van der Waals surface area contributed by atoms with Crippen molar-refractivity contribution in [2.45, 2.75) is 31.7 Å². The van der Waals surface area contributed by atoms with E-state index in [0.29, 0.717) is 12.0 Å². The molecule has 13 heavy (non-hydrogen) atoms. The fraction of sp³-hybridized carbons (Fsp3) is 1.00. The molecule has 0 aromatic heterocycles. The maximum Gasteiger partial charge on any atom is 0.0587 e. The lowest BCUT2D eigenvalue weighted by Crippen LogP contribution is -2.43. The SMILES string of the molecule is COCCNC1CCCCC1CN. The summed E-state index contributed by atoms with van der Waals surface area (Å²) >= 11 is 0. The highest BCUT2D eigenvalue weighted by Gasteiger charge is 2.22. The topological polar surface area (TPSA) is 47.3 Å². The van der Waals surface area contributed by atoms with Crippen molar-refractivity contribution >= 4 is 0 Å². The van der Waals surface area contributed by atoms with Crippen LogP contribution < -0.4 is 11.1 Å². The second-order valence-electron chi connectivity index (χ2n) is 3.83. The first-order chi connectivity index (χ1) is 6.38. The molecular weight excluding hydrogens is 164 g/mol. The summed E-state index contributed by atoms with van der Waals surface area (Å²) in [5, 5.41) is 3.52. The molecule has 3 heteroatoms. The Kier molecular flexibility index (Phi) is 5.35. The summed E-state index contributed by atoms with van der Waals surface area (Å²) in [6, 6.07) is 0.633.